The molecule has 137 valence electrons. The van der Waals surface area contributed by atoms with Crippen molar-refractivity contribution < 1.29 is 0 Å². The molecule has 4 aromatic carbocycles. The van der Waals surface area contributed by atoms with Crippen LogP contribution >= 0.6 is 0 Å². The second kappa shape index (κ2) is 5.67. The number of para-hydroxylation sites is 1. The summed E-state index contributed by atoms with van der Waals surface area (Å²) in [7, 11) is 0. The molecule has 0 amide bonds. The molecular formula is C28H20N. The van der Waals surface area contributed by atoms with Gasteiger partial charge in [-0.1, -0.05) is 54.6 Å². The van der Waals surface area contributed by atoms with Crippen LogP contribution in [0.2, 0.25) is 0 Å². The zero-order valence-electron chi connectivity index (χ0n) is 16.2. The predicted octanol–water partition coefficient (Wildman–Crippen LogP) is 5.26. The summed E-state index contributed by atoms with van der Waals surface area (Å²) in [4.78, 5) is 4.92. The normalized spacial score (nSPS) is 16.7. The smallest absolute Gasteiger partial charge is 0.0713 e. The maximum Gasteiger partial charge on any atom is 0.0713 e. The molecule has 1 nitrogen and oxygen atoms in total. The van der Waals surface area contributed by atoms with Crippen molar-refractivity contribution in [3.8, 4) is 0 Å². The molecule has 0 saturated heterocycles. The van der Waals surface area contributed by atoms with Gasteiger partial charge in [0.05, 0.1) is 11.1 Å². The van der Waals surface area contributed by atoms with Gasteiger partial charge in [0.2, 0.25) is 0 Å². The van der Waals surface area contributed by atoms with Crippen LogP contribution in [0, 0.1) is 6.42 Å². The van der Waals surface area contributed by atoms with Crippen LogP contribution in [-0.2, 0) is 12.8 Å². The van der Waals surface area contributed by atoms with Crippen molar-refractivity contribution >= 4 is 33.2 Å². The minimum atomic E-state index is 0.966. The quantitative estimate of drug-likeness (QED) is 0.374. The van der Waals surface area contributed by atoms with Crippen LogP contribution in [0.4, 0.5) is 0 Å². The molecule has 0 atom stereocenters. The highest BCUT2D eigenvalue weighted by Crippen LogP contribution is 2.39. The lowest BCUT2D eigenvalue weighted by molar-refractivity contribution is 0.779. The van der Waals surface area contributed by atoms with Crippen LogP contribution in [0.3, 0.4) is 0 Å². The summed E-state index contributed by atoms with van der Waals surface area (Å²) < 4.78 is 0. The van der Waals surface area contributed by atoms with Gasteiger partial charge >= 0.3 is 0 Å². The number of hydrogen-bond acceptors (Lipinski definition) is 1. The minimum absolute atomic E-state index is 0.966. The SMILES string of the molecule is [CH]1CCCc2ccc3c(ccc4c5c(ccc43)CC3=c4ccccc4=NC3=C5)c21. The molecule has 29 heavy (non-hydrogen) atoms. The van der Waals surface area contributed by atoms with Crippen molar-refractivity contribution in [1.82, 2.24) is 0 Å². The number of nitrogens with zero attached hydrogens (tertiary/aromatic N) is 1. The van der Waals surface area contributed by atoms with E-state index in [-0.39, 0.29) is 0 Å². The summed E-state index contributed by atoms with van der Waals surface area (Å²) in [5, 5.41) is 7.90. The van der Waals surface area contributed by atoms with Gasteiger partial charge in [0.1, 0.15) is 0 Å². The predicted molar refractivity (Wildman–Crippen MR) is 120 cm³/mol. The molecule has 3 aliphatic rings. The fourth-order valence-corrected chi connectivity index (χ4v) is 5.48. The van der Waals surface area contributed by atoms with Gasteiger partial charge in [0.25, 0.3) is 0 Å². The highest BCUT2D eigenvalue weighted by Gasteiger charge is 2.22. The molecule has 7 rings (SSSR count). The van der Waals surface area contributed by atoms with Crippen LogP contribution in [-0.4, -0.2) is 0 Å². The largest absolute Gasteiger partial charge is 0.248 e. The Bertz CT molecular complexity index is 1520. The maximum absolute atomic E-state index is 4.92. The number of fused-ring (bicyclic) bond motifs is 9. The van der Waals surface area contributed by atoms with Crippen LogP contribution < -0.4 is 10.6 Å². The average molecular weight is 370 g/mol. The first-order valence-corrected chi connectivity index (χ1v) is 10.6. The number of hydrogen-bond donors (Lipinski definition) is 0. The average Bonchev–Trinajstić information content (AvgIpc) is 3.14. The highest BCUT2D eigenvalue weighted by molar-refractivity contribution is 6.12. The van der Waals surface area contributed by atoms with Crippen LogP contribution in [0.5, 0.6) is 0 Å². The Kier molecular flexibility index (Phi) is 3.07. The van der Waals surface area contributed by atoms with Crippen molar-refractivity contribution in [1.29, 1.82) is 0 Å². The van der Waals surface area contributed by atoms with Gasteiger partial charge in [-0.25, -0.2) is 4.99 Å². The van der Waals surface area contributed by atoms with E-state index >= 15 is 0 Å². The van der Waals surface area contributed by atoms with Crippen molar-refractivity contribution in [3.63, 3.8) is 0 Å². The Morgan fingerprint density at radius 1 is 0.690 bits per heavy atom. The van der Waals surface area contributed by atoms with Gasteiger partial charge in [-0.15, -0.1) is 0 Å². The molecule has 1 heteroatoms. The number of benzene rings is 4. The molecule has 4 aromatic rings. The van der Waals surface area contributed by atoms with Crippen molar-refractivity contribution in [2.24, 2.45) is 4.99 Å². The minimum Gasteiger partial charge on any atom is -0.248 e. The zero-order valence-corrected chi connectivity index (χ0v) is 16.2. The molecule has 0 saturated carbocycles. The molecule has 0 N–H and O–H groups in total. The van der Waals surface area contributed by atoms with E-state index in [0.717, 1.165) is 17.5 Å². The zero-order chi connectivity index (χ0) is 18.9. The van der Waals surface area contributed by atoms with E-state index in [4.69, 9.17) is 4.99 Å². The standard InChI is InChI=1S/C28H20N/c1-2-6-19-17(5-1)9-11-21-20(19)13-14-23-22(21)12-10-18-15-26-24-7-3-4-8-27(24)29-28(26)16-25(18)23/h3-4,6-14,16H,1-2,5,15H2. The lowest BCUT2D eigenvalue weighted by Gasteiger charge is -2.21. The first-order chi connectivity index (χ1) is 14.4. The van der Waals surface area contributed by atoms with Gasteiger partial charge in [0, 0.05) is 11.6 Å². The maximum atomic E-state index is 4.92. The molecule has 1 heterocycles. The lowest BCUT2D eigenvalue weighted by atomic mass is 9.84. The van der Waals surface area contributed by atoms with Crippen LogP contribution in [0.15, 0.2) is 71.4 Å². The van der Waals surface area contributed by atoms with E-state index in [2.05, 4.69) is 73.2 Å². The van der Waals surface area contributed by atoms with Gasteiger partial charge in [-0.3, -0.25) is 0 Å². The van der Waals surface area contributed by atoms with Crippen LogP contribution in [0.25, 0.3) is 33.2 Å². The summed E-state index contributed by atoms with van der Waals surface area (Å²) in [6, 6.07) is 22.6. The summed E-state index contributed by atoms with van der Waals surface area (Å²) >= 11 is 0. The summed E-state index contributed by atoms with van der Waals surface area (Å²) in [5.41, 5.74) is 8.24. The van der Waals surface area contributed by atoms with Crippen molar-refractivity contribution in [3.05, 3.63) is 106 Å². The number of allylic oxidation sites excluding steroid dienone is 1. The van der Waals surface area contributed by atoms with Gasteiger partial charge in [0.15, 0.2) is 0 Å². The highest BCUT2D eigenvalue weighted by atomic mass is 14.8. The van der Waals surface area contributed by atoms with Gasteiger partial charge in [-0.2, -0.15) is 0 Å². The first-order valence-electron chi connectivity index (χ1n) is 10.6. The van der Waals surface area contributed by atoms with E-state index in [1.807, 2.05) is 0 Å². The lowest BCUT2D eigenvalue weighted by Crippen LogP contribution is -2.22. The molecule has 0 unspecified atom stereocenters. The third-order valence-corrected chi connectivity index (χ3v) is 6.89. The van der Waals surface area contributed by atoms with Crippen molar-refractivity contribution in [2.45, 2.75) is 25.7 Å². The molecule has 0 spiro atoms. The summed E-state index contributed by atoms with van der Waals surface area (Å²) in [6.07, 6.45) is 9.39. The van der Waals surface area contributed by atoms with Gasteiger partial charge < -0.3 is 0 Å². The third kappa shape index (κ3) is 2.13. The molecule has 2 aliphatic carbocycles. The topological polar surface area (TPSA) is 12.4 Å². The second-order valence-electron chi connectivity index (χ2n) is 8.44. The Morgan fingerprint density at radius 2 is 1.45 bits per heavy atom. The van der Waals surface area contributed by atoms with E-state index in [0.29, 0.717) is 0 Å². The fraction of sp³-hybridized carbons (Fsp3) is 0.143. The molecule has 0 bridgehead atoms. The van der Waals surface area contributed by atoms with Crippen molar-refractivity contribution in [2.75, 3.05) is 0 Å². The third-order valence-electron chi connectivity index (χ3n) is 6.89. The van der Waals surface area contributed by atoms with E-state index in [9.17, 15) is 0 Å². The molecule has 1 aliphatic heterocycles. The summed E-state index contributed by atoms with van der Waals surface area (Å²) in [5.74, 6) is 0. The molecule has 1 radical (unpaired) electrons. The van der Waals surface area contributed by atoms with E-state index < -0.39 is 0 Å². The first kappa shape index (κ1) is 15.7. The fourth-order valence-electron chi connectivity index (χ4n) is 5.48. The monoisotopic (exact) mass is 370 g/mol. The molecular weight excluding hydrogens is 350 g/mol. The van der Waals surface area contributed by atoms with E-state index in [1.54, 1.807) is 0 Å². The Balaban J connectivity index is 1.51. The Hall–Kier alpha value is -3.19. The Morgan fingerprint density at radius 3 is 2.34 bits per heavy atom. The number of rotatable bonds is 0. The molecule has 0 fully saturated rings. The van der Waals surface area contributed by atoms with E-state index in [1.165, 1.54) is 73.9 Å². The van der Waals surface area contributed by atoms with Gasteiger partial charge in [-0.05, 0) is 87.2 Å². The Labute approximate surface area is 169 Å². The number of aryl methyl sites for hydroxylation is 1. The van der Waals surface area contributed by atoms with Crippen LogP contribution in [0.1, 0.15) is 35.1 Å². The second-order valence-corrected chi connectivity index (χ2v) is 8.44. The molecule has 0 aromatic heterocycles. The summed E-state index contributed by atoms with van der Waals surface area (Å²) in [6.45, 7) is 0.